The number of aliphatic carboxylic acids is 1. The van der Waals surface area contributed by atoms with Crippen molar-refractivity contribution in [3.05, 3.63) is 29.6 Å². The fraction of sp³-hybridized carbons (Fsp3) is 0.111. The molecular formula is C9H9FN2O2. The second-order valence-corrected chi connectivity index (χ2v) is 2.78. The molecule has 5 heteroatoms. The number of hydrogen-bond acceptors (Lipinski definition) is 3. The first-order valence-corrected chi connectivity index (χ1v) is 3.85. The molecule has 1 rings (SSSR count). The van der Waals surface area contributed by atoms with Crippen LogP contribution in [0.3, 0.4) is 0 Å². The van der Waals surface area contributed by atoms with E-state index in [0.29, 0.717) is 0 Å². The van der Waals surface area contributed by atoms with E-state index in [1.807, 2.05) is 0 Å². The van der Waals surface area contributed by atoms with Gasteiger partial charge in [-0.15, -0.1) is 0 Å². The second-order valence-electron chi connectivity index (χ2n) is 2.78. The van der Waals surface area contributed by atoms with Crippen LogP contribution in [0.4, 0.5) is 10.1 Å². The van der Waals surface area contributed by atoms with Gasteiger partial charge in [0.15, 0.2) is 0 Å². The number of halogens is 1. The quantitative estimate of drug-likeness (QED) is 0.502. The SMILES string of the molecule is N=C(CC(=O)O)c1cc(F)ccc1N. The third kappa shape index (κ3) is 2.29. The monoisotopic (exact) mass is 196 g/mol. The summed E-state index contributed by atoms with van der Waals surface area (Å²) in [7, 11) is 0. The Morgan fingerprint density at radius 1 is 1.57 bits per heavy atom. The van der Waals surface area contributed by atoms with Crippen molar-refractivity contribution < 1.29 is 14.3 Å². The van der Waals surface area contributed by atoms with E-state index in [1.165, 1.54) is 6.07 Å². The number of nitrogens with two attached hydrogens (primary N) is 1. The van der Waals surface area contributed by atoms with Crippen LogP contribution >= 0.6 is 0 Å². The van der Waals surface area contributed by atoms with Gasteiger partial charge >= 0.3 is 5.97 Å². The minimum Gasteiger partial charge on any atom is -0.481 e. The Morgan fingerprint density at radius 2 is 2.21 bits per heavy atom. The van der Waals surface area contributed by atoms with E-state index in [4.69, 9.17) is 16.2 Å². The first-order chi connectivity index (χ1) is 6.50. The minimum atomic E-state index is -1.14. The van der Waals surface area contributed by atoms with Gasteiger partial charge in [0.1, 0.15) is 5.82 Å². The van der Waals surface area contributed by atoms with Crippen molar-refractivity contribution >= 4 is 17.4 Å². The van der Waals surface area contributed by atoms with Crippen LogP contribution in [0.25, 0.3) is 0 Å². The van der Waals surface area contributed by atoms with E-state index < -0.39 is 18.2 Å². The fourth-order valence-electron chi connectivity index (χ4n) is 1.04. The molecule has 0 radical (unpaired) electrons. The predicted molar refractivity (Wildman–Crippen MR) is 49.9 cm³/mol. The maximum atomic E-state index is 12.7. The van der Waals surface area contributed by atoms with Gasteiger partial charge < -0.3 is 16.2 Å². The van der Waals surface area contributed by atoms with E-state index in [-0.39, 0.29) is 17.0 Å². The van der Waals surface area contributed by atoms with Crippen molar-refractivity contribution in [2.75, 3.05) is 5.73 Å². The molecule has 0 saturated carbocycles. The zero-order valence-corrected chi connectivity index (χ0v) is 7.25. The molecule has 74 valence electrons. The third-order valence-corrected chi connectivity index (χ3v) is 1.67. The molecule has 0 aromatic heterocycles. The number of carboxylic acids is 1. The van der Waals surface area contributed by atoms with Crippen molar-refractivity contribution in [3.8, 4) is 0 Å². The Balaban J connectivity index is 3.00. The first-order valence-electron chi connectivity index (χ1n) is 3.85. The molecule has 0 bridgehead atoms. The molecular weight excluding hydrogens is 187 g/mol. The molecule has 4 nitrogen and oxygen atoms in total. The van der Waals surface area contributed by atoms with E-state index in [9.17, 15) is 9.18 Å². The average molecular weight is 196 g/mol. The number of nitrogen functional groups attached to an aromatic ring is 1. The topological polar surface area (TPSA) is 87.2 Å². The highest BCUT2D eigenvalue weighted by atomic mass is 19.1. The van der Waals surface area contributed by atoms with E-state index in [1.54, 1.807) is 0 Å². The van der Waals surface area contributed by atoms with Crippen LogP contribution in [0.5, 0.6) is 0 Å². The van der Waals surface area contributed by atoms with Gasteiger partial charge in [0.25, 0.3) is 0 Å². The van der Waals surface area contributed by atoms with Gasteiger partial charge in [-0.05, 0) is 18.2 Å². The Hall–Kier alpha value is -1.91. The fourth-order valence-corrected chi connectivity index (χ4v) is 1.04. The molecule has 0 amide bonds. The largest absolute Gasteiger partial charge is 0.481 e. The highest BCUT2D eigenvalue weighted by Crippen LogP contribution is 2.15. The van der Waals surface area contributed by atoms with Crippen molar-refractivity contribution in [3.63, 3.8) is 0 Å². The summed E-state index contributed by atoms with van der Waals surface area (Å²) in [5.74, 6) is -1.68. The Kier molecular flexibility index (Phi) is 2.81. The lowest BCUT2D eigenvalue weighted by atomic mass is 10.1. The van der Waals surface area contributed by atoms with E-state index in [0.717, 1.165) is 12.1 Å². The predicted octanol–water partition coefficient (Wildman–Crippen LogP) is 1.25. The van der Waals surface area contributed by atoms with Crippen molar-refractivity contribution in [1.29, 1.82) is 5.41 Å². The molecule has 0 atom stereocenters. The number of carboxylic acid groups (broad SMARTS) is 1. The second kappa shape index (κ2) is 3.87. The lowest BCUT2D eigenvalue weighted by Gasteiger charge is -2.05. The molecule has 0 aliphatic carbocycles. The molecule has 1 aromatic carbocycles. The van der Waals surface area contributed by atoms with Crippen molar-refractivity contribution in [2.45, 2.75) is 6.42 Å². The summed E-state index contributed by atoms with van der Waals surface area (Å²) >= 11 is 0. The summed E-state index contributed by atoms with van der Waals surface area (Å²) < 4.78 is 12.7. The maximum absolute atomic E-state index is 12.7. The molecule has 0 fully saturated rings. The zero-order valence-electron chi connectivity index (χ0n) is 7.25. The Morgan fingerprint density at radius 3 is 2.79 bits per heavy atom. The summed E-state index contributed by atoms with van der Waals surface area (Å²) in [5, 5.41) is 15.8. The summed E-state index contributed by atoms with van der Waals surface area (Å²) in [6, 6.07) is 3.52. The normalized spacial score (nSPS) is 9.79. The molecule has 0 unspecified atom stereocenters. The molecule has 0 aliphatic rings. The van der Waals surface area contributed by atoms with Crippen LogP contribution in [0.2, 0.25) is 0 Å². The number of anilines is 1. The van der Waals surface area contributed by atoms with Crippen LogP contribution in [0.15, 0.2) is 18.2 Å². The molecule has 14 heavy (non-hydrogen) atoms. The van der Waals surface area contributed by atoms with Gasteiger partial charge in [0.2, 0.25) is 0 Å². The molecule has 0 spiro atoms. The lowest BCUT2D eigenvalue weighted by Crippen LogP contribution is -2.09. The van der Waals surface area contributed by atoms with Gasteiger partial charge in [0, 0.05) is 11.3 Å². The Labute approximate surface area is 79.7 Å². The van der Waals surface area contributed by atoms with Crippen molar-refractivity contribution in [1.82, 2.24) is 0 Å². The molecule has 1 aromatic rings. The smallest absolute Gasteiger partial charge is 0.309 e. The summed E-state index contributed by atoms with van der Waals surface area (Å²) in [4.78, 5) is 10.3. The maximum Gasteiger partial charge on any atom is 0.309 e. The molecule has 0 heterocycles. The first kappa shape index (κ1) is 10.2. The minimum absolute atomic E-state index is 0.132. The van der Waals surface area contributed by atoms with Crippen LogP contribution < -0.4 is 5.73 Å². The Bertz CT molecular complexity index is 390. The highest BCUT2D eigenvalue weighted by molar-refractivity contribution is 6.09. The molecule has 4 N–H and O–H groups in total. The number of benzene rings is 1. The summed E-state index contributed by atoms with van der Waals surface area (Å²) in [6.07, 6.45) is -0.465. The summed E-state index contributed by atoms with van der Waals surface area (Å²) in [6.45, 7) is 0. The van der Waals surface area contributed by atoms with Crippen LogP contribution in [-0.2, 0) is 4.79 Å². The van der Waals surface area contributed by atoms with Gasteiger partial charge in [-0.2, -0.15) is 0 Å². The average Bonchev–Trinajstić information content (AvgIpc) is 2.08. The summed E-state index contributed by atoms with van der Waals surface area (Å²) in [5.41, 5.74) is 5.60. The number of hydrogen-bond donors (Lipinski definition) is 3. The molecule has 0 aliphatic heterocycles. The number of carbonyl (C=O) groups is 1. The van der Waals surface area contributed by atoms with Crippen LogP contribution in [0.1, 0.15) is 12.0 Å². The molecule has 0 saturated heterocycles. The number of rotatable bonds is 3. The van der Waals surface area contributed by atoms with Crippen molar-refractivity contribution in [2.24, 2.45) is 0 Å². The standard InChI is InChI=1S/C9H9FN2O2/c10-5-1-2-7(11)6(3-5)8(12)4-9(13)14/h1-3,12H,4,11H2,(H,13,14). The van der Waals surface area contributed by atoms with E-state index >= 15 is 0 Å². The lowest BCUT2D eigenvalue weighted by molar-refractivity contribution is -0.135. The van der Waals surface area contributed by atoms with Gasteiger partial charge in [-0.25, -0.2) is 4.39 Å². The van der Waals surface area contributed by atoms with E-state index in [2.05, 4.69) is 0 Å². The zero-order chi connectivity index (χ0) is 10.7. The van der Waals surface area contributed by atoms with Gasteiger partial charge in [-0.3, -0.25) is 4.79 Å². The van der Waals surface area contributed by atoms with Crippen LogP contribution in [0, 0.1) is 11.2 Å². The highest BCUT2D eigenvalue weighted by Gasteiger charge is 2.10. The van der Waals surface area contributed by atoms with Crippen LogP contribution in [-0.4, -0.2) is 16.8 Å². The third-order valence-electron chi connectivity index (χ3n) is 1.67. The van der Waals surface area contributed by atoms with Gasteiger partial charge in [-0.1, -0.05) is 0 Å². The number of nitrogens with one attached hydrogen (secondary N) is 1. The van der Waals surface area contributed by atoms with Gasteiger partial charge in [0.05, 0.1) is 12.1 Å².